The summed E-state index contributed by atoms with van der Waals surface area (Å²) in [4.78, 5) is 26.2. The van der Waals surface area contributed by atoms with E-state index in [1.165, 1.54) is 0 Å². The number of benzene rings is 1. The Labute approximate surface area is 143 Å². The van der Waals surface area contributed by atoms with Gasteiger partial charge in [0.05, 0.1) is 12.1 Å². The molecule has 7 heteroatoms. The maximum absolute atomic E-state index is 12.4. The molecule has 0 aromatic heterocycles. The molecule has 1 atom stereocenters. The summed E-state index contributed by atoms with van der Waals surface area (Å²) in [5, 5.41) is 8.74. The number of amides is 2. The second-order valence-electron chi connectivity index (χ2n) is 6.48. The molecule has 5 N–H and O–H groups in total. The van der Waals surface area contributed by atoms with Crippen molar-refractivity contribution in [3.05, 3.63) is 23.8 Å². The smallest absolute Gasteiger partial charge is 0.253 e. The van der Waals surface area contributed by atoms with Crippen molar-refractivity contribution in [2.24, 2.45) is 0 Å². The van der Waals surface area contributed by atoms with Crippen molar-refractivity contribution in [2.45, 2.75) is 32.9 Å². The zero-order valence-corrected chi connectivity index (χ0v) is 14.6. The third-order valence-corrected chi connectivity index (χ3v) is 3.87. The Hall–Kier alpha value is -2.28. The molecule has 2 amide bonds. The molecule has 1 heterocycles. The number of rotatable bonds is 5. The van der Waals surface area contributed by atoms with Gasteiger partial charge in [-0.1, -0.05) is 0 Å². The number of carbonyl (C=O) groups is 2. The number of piperazine rings is 1. The van der Waals surface area contributed by atoms with Crippen LogP contribution in [-0.4, -0.2) is 50.1 Å². The van der Waals surface area contributed by atoms with E-state index in [0.717, 1.165) is 25.3 Å². The van der Waals surface area contributed by atoms with Crippen molar-refractivity contribution in [2.75, 3.05) is 36.8 Å². The maximum Gasteiger partial charge on any atom is 0.253 e. The molecule has 1 aromatic rings. The molecule has 1 aliphatic rings. The first-order valence-electron chi connectivity index (χ1n) is 8.32. The number of nitrogens with one attached hydrogen (secondary N) is 3. The molecular weight excluding hydrogens is 306 g/mol. The molecule has 0 unspecified atom stereocenters. The lowest BCUT2D eigenvalue weighted by Crippen LogP contribution is -2.49. The molecule has 1 aliphatic heterocycles. The molecule has 1 aromatic carbocycles. The van der Waals surface area contributed by atoms with Crippen molar-refractivity contribution in [3.8, 4) is 0 Å². The van der Waals surface area contributed by atoms with E-state index >= 15 is 0 Å². The van der Waals surface area contributed by atoms with Crippen LogP contribution < -0.4 is 26.6 Å². The number of carbonyl (C=O) groups excluding carboxylic acids is 2. The monoisotopic (exact) mass is 333 g/mol. The first-order valence-corrected chi connectivity index (χ1v) is 8.32. The van der Waals surface area contributed by atoms with Gasteiger partial charge in [-0.25, -0.2) is 0 Å². The van der Waals surface area contributed by atoms with Gasteiger partial charge in [-0.2, -0.15) is 0 Å². The summed E-state index contributed by atoms with van der Waals surface area (Å²) in [6.07, 6.45) is 0. The summed E-state index contributed by atoms with van der Waals surface area (Å²) in [6.45, 7) is 8.47. The molecule has 1 saturated heterocycles. The van der Waals surface area contributed by atoms with Crippen molar-refractivity contribution >= 4 is 23.2 Å². The second-order valence-corrected chi connectivity index (χ2v) is 6.48. The van der Waals surface area contributed by atoms with E-state index in [-0.39, 0.29) is 24.4 Å². The fraction of sp³-hybridized carbons (Fsp3) is 0.529. The standard InChI is InChI=1S/C17H27N5O2/c1-11(2)21-16(23)9-20-17(24)14-8-13(4-5-15(14)18)22-7-6-19-12(3)10-22/h4-5,8,11-12,19H,6-7,9-10,18H2,1-3H3,(H,20,24)(H,21,23)/t12-/m1/s1. The van der Waals surface area contributed by atoms with Crippen LogP contribution in [0.1, 0.15) is 31.1 Å². The van der Waals surface area contributed by atoms with E-state index in [4.69, 9.17) is 5.73 Å². The maximum atomic E-state index is 12.4. The lowest BCUT2D eigenvalue weighted by Gasteiger charge is -2.34. The highest BCUT2D eigenvalue weighted by Crippen LogP contribution is 2.22. The molecule has 0 aliphatic carbocycles. The SMILES string of the molecule is CC(C)NC(=O)CNC(=O)c1cc(N2CCN[C@H](C)C2)ccc1N. The minimum atomic E-state index is -0.337. The van der Waals surface area contributed by atoms with Crippen LogP contribution >= 0.6 is 0 Å². The second kappa shape index (κ2) is 8.01. The van der Waals surface area contributed by atoms with Crippen molar-refractivity contribution in [3.63, 3.8) is 0 Å². The zero-order chi connectivity index (χ0) is 17.7. The highest BCUT2D eigenvalue weighted by atomic mass is 16.2. The lowest BCUT2D eigenvalue weighted by molar-refractivity contribution is -0.120. The largest absolute Gasteiger partial charge is 0.398 e. The summed E-state index contributed by atoms with van der Waals surface area (Å²) >= 11 is 0. The quantitative estimate of drug-likeness (QED) is 0.582. The van der Waals surface area contributed by atoms with Gasteiger partial charge >= 0.3 is 0 Å². The highest BCUT2D eigenvalue weighted by Gasteiger charge is 2.18. The molecule has 0 saturated carbocycles. The molecule has 1 fully saturated rings. The number of nitrogens with zero attached hydrogens (tertiary/aromatic N) is 1. The molecule has 0 bridgehead atoms. The Morgan fingerprint density at radius 2 is 2.17 bits per heavy atom. The number of nitrogens with two attached hydrogens (primary N) is 1. The van der Waals surface area contributed by atoms with Gasteiger partial charge in [-0.15, -0.1) is 0 Å². The Balaban J connectivity index is 2.04. The Morgan fingerprint density at radius 3 is 2.83 bits per heavy atom. The van der Waals surface area contributed by atoms with E-state index in [9.17, 15) is 9.59 Å². The van der Waals surface area contributed by atoms with Gasteiger partial charge in [0, 0.05) is 43.1 Å². The molecule has 7 nitrogen and oxygen atoms in total. The fourth-order valence-corrected chi connectivity index (χ4v) is 2.73. The summed E-state index contributed by atoms with van der Waals surface area (Å²) in [7, 11) is 0. The Morgan fingerprint density at radius 1 is 1.42 bits per heavy atom. The first kappa shape index (κ1) is 18.1. The normalized spacial score (nSPS) is 17.7. The summed E-state index contributed by atoms with van der Waals surface area (Å²) in [5.41, 5.74) is 7.71. The van der Waals surface area contributed by atoms with Gasteiger partial charge in [0.25, 0.3) is 5.91 Å². The van der Waals surface area contributed by atoms with Crippen LogP contribution in [0.3, 0.4) is 0 Å². The predicted octanol–water partition coefficient (Wildman–Crippen LogP) is 0.321. The molecule has 24 heavy (non-hydrogen) atoms. The Kier molecular flexibility index (Phi) is 6.03. The van der Waals surface area contributed by atoms with Gasteiger partial charge in [0.15, 0.2) is 0 Å². The average molecular weight is 333 g/mol. The van der Waals surface area contributed by atoms with Crippen LogP contribution in [0.25, 0.3) is 0 Å². The van der Waals surface area contributed by atoms with E-state index in [1.54, 1.807) is 12.1 Å². The fourth-order valence-electron chi connectivity index (χ4n) is 2.73. The first-order chi connectivity index (χ1) is 11.4. The van der Waals surface area contributed by atoms with Crippen LogP contribution in [-0.2, 0) is 4.79 Å². The zero-order valence-electron chi connectivity index (χ0n) is 14.6. The number of nitrogen functional groups attached to an aromatic ring is 1. The third kappa shape index (κ3) is 4.86. The van der Waals surface area contributed by atoms with E-state index in [1.807, 2.05) is 19.9 Å². The van der Waals surface area contributed by atoms with Gasteiger partial charge in [-0.05, 0) is 39.0 Å². The minimum absolute atomic E-state index is 0.0394. The molecule has 132 valence electrons. The van der Waals surface area contributed by atoms with Crippen molar-refractivity contribution in [1.82, 2.24) is 16.0 Å². The van der Waals surface area contributed by atoms with E-state index < -0.39 is 0 Å². The lowest BCUT2D eigenvalue weighted by atomic mass is 10.1. The van der Waals surface area contributed by atoms with Crippen LogP contribution in [0, 0.1) is 0 Å². The Bertz CT molecular complexity index is 603. The summed E-state index contributed by atoms with van der Waals surface area (Å²) < 4.78 is 0. The van der Waals surface area contributed by atoms with Crippen molar-refractivity contribution < 1.29 is 9.59 Å². The highest BCUT2D eigenvalue weighted by molar-refractivity contribution is 6.01. The van der Waals surface area contributed by atoms with E-state index in [0.29, 0.717) is 17.3 Å². The van der Waals surface area contributed by atoms with Gasteiger partial charge < -0.3 is 26.6 Å². The van der Waals surface area contributed by atoms with Crippen LogP contribution in [0.4, 0.5) is 11.4 Å². The van der Waals surface area contributed by atoms with Crippen LogP contribution in [0.15, 0.2) is 18.2 Å². The third-order valence-electron chi connectivity index (χ3n) is 3.87. The molecule has 0 spiro atoms. The molecule has 2 rings (SSSR count). The van der Waals surface area contributed by atoms with Gasteiger partial charge in [0.1, 0.15) is 0 Å². The topological polar surface area (TPSA) is 99.5 Å². The number of hydrogen-bond acceptors (Lipinski definition) is 5. The number of hydrogen-bond donors (Lipinski definition) is 4. The summed E-state index contributed by atoms with van der Waals surface area (Å²) in [6, 6.07) is 5.90. The van der Waals surface area contributed by atoms with E-state index in [2.05, 4.69) is 27.8 Å². The van der Waals surface area contributed by atoms with Gasteiger partial charge in [0.2, 0.25) is 5.91 Å². The average Bonchev–Trinajstić information content (AvgIpc) is 2.52. The van der Waals surface area contributed by atoms with Crippen LogP contribution in [0.2, 0.25) is 0 Å². The van der Waals surface area contributed by atoms with Crippen molar-refractivity contribution in [1.29, 1.82) is 0 Å². The molecular formula is C17H27N5O2. The number of anilines is 2. The predicted molar refractivity (Wildman–Crippen MR) is 96.1 cm³/mol. The minimum Gasteiger partial charge on any atom is -0.398 e. The van der Waals surface area contributed by atoms with Crippen LogP contribution in [0.5, 0.6) is 0 Å². The van der Waals surface area contributed by atoms with Gasteiger partial charge in [-0.3, -0.25) is 9.59 Å². The summed E-state index contributed by atoms with van der Waals surface area (Å²) in [5.74, 6) is -0.555. The molecule has 0 radical (unpaired) electrons.